The van der Waals surface area contributed by atoms with Gasteiger partial charge in [-0.3, -0.25) is 9.98 Å². The van der Waals surface area contributed by atoms with E-state index in [9.17, 15) is 20.4 Å². The molecule has 4 N–H and O–H groups in total. The lowest BCUT2D eigenvalue weighted by atomic mass is 9.89. The first-order valence-corrected chi connectivity index (χ1v) is 15.4. The Bertz CT molecular complexity index is 1860. The molecule has 0 amide bonds. The van der Waals surface area contributed by atoms with Crippen molar-refractivity contribution < 1.29 is 20.4 Å². The van der Waals surface area contributed by atoms with Gasteiger partial charge in [0.15, 0.2) is 0 Å². The molecule has 0 spiro atoms. The van der Waals surface area contributed by atoms with Gasteiger partial charge >= 0.3 is 0 Å². The molecule has 6 rings (SSSR count). The highest BCUT2D eigenvalue weighted by atomic mass is 16.3. The summed E-state index contributed by atoms with van der Waals surface area (Å²) in [5, 5.41) is 47.2. The number of phenolic OH excluding ortho intramolecular Hbond substituents is 2. The number of fused-ring (bicyclic) bond motifs is 2. The quantitative estimate of drug-likeness (QED) is 0.118. The van der Waals surface area contributed by atoms with Crippen LogP contribution in [0, 0.1) is 0 Å². The Morgan fingerprint density at radius 2 is 0.870 bits per heavy atom. The summed E-state index contributed by atoms with van der Waals surface area (Å²) in [6.07, 6.45) is 4.33. The summed E-state index contributed by atoms with van der Waals surface area (Å²) in [5.41, 5.74) is 4.04. The minimum Gasteiger partial charge on any atom is -0.507 e. The van der Waals surface area contributed by atoms with E-state index in [1.54, 1.807) is 12.4 Å². The SMILES string of the molecule is OCC(Cc1ccccc1)N=Cc1cc2ccccc2c(-c2c(O)c(C=NC(CO)Cc3ccccc3)cc3ccccc23)c1O. The van der Waals surface area contributed by atoms with E-state index in [2.05, 4.69) is 9.98 Å². The fraction of sp³-hybridized carbons (Fsp3) is 0.150. The molecular formula is C40H36N2O4. The zero-order valence-electron chi connectivity index (χ0n) is 25.4. The molecule has 0 saturated carbocycles. The number of aliphatic hydroxyl groups is 2. The molecule has 0 fully saturated rings. The number of aliphatic imine (C=N–C) groups is 2. The summed E-state index contributed by atoms with van der Waals surface area (Å²) in [7, 11) is 0. The van der Waals surface area contributed by atoms with Gasteiger partial charge in [0.25, 0.3) is 0 Å². The Labute approximate surface area is 268 Å². The number of hydrogen-bond acceptors (Lipinski definition) is 6. The maximum atomic E-state index is 11.9. The molecule has 0 aromatic heterocycles. The lowest BCUT2D eigenvalue weighted by molar-refractivity contribution is 0.266. The second kappa shape index (κ2) is 14.2. The Hall–Kier alpha value is -5.30. The van der Waals surface area contributed by atoms with Gasteiger partial charge in [0, 0.05) is 34.7 Å². The maximum absolute atomic E-state index is 11.9. The first-order valence-electron chi connectivity index (χ1n) is 15.4. The normalized spacial score (nSPS) is 13.2. The highest BCUT2D eigenvalue weighted by Gasteiger charge is 2.22. The van der Waals surface area contributed by atoms with Crippen molar-refractivity contribution in [3.05, 3.63) is 144 Å². The third-order valence-electron chi connectivity index (χ3n) is 8.25. The molecule has 0 aliphatic heterocycles. The molecule has 6 nitrogen and oxygen atoms in total. The van der Waals surface area contributed by atoms with Crippen molar-refractivity contribution in [1.29, 1.82) is 0 Å². The number of hydrogen-bond donors (Lipinski definition) is 4. The van der Waals surface area contributed by atoms with Crippen molar-refractivity contribution in [2.45, 2.75) is 24.9 Å². The van der Waals surface area contributed by atoms with E-state index in [0.29, 0.717) is 35.1 Å². The Kier molecular flexibility index (Phi) is 9.48. The van der Waals surface area contributed by atoms with Crippen molar-refractivity contribution in [1.82, 2.24) is 0 Å². The predicted molar refractivity (Wildman–Crippen MR) is 187 cm³/mol. The van der Waals surface area contributed by atoms with Crippen LogP contribution >= 0.6 is 0 Å². The largest absolute Gasteiger partial charge is 0.507 e. The first-order chi connectivity index (χ1) is 22.6. The van der Waals surface area contributed by atoms with Crippen LogP contribution in [-0.4, -0.2) is 58.2 Å². The van der Waals surface area contributed by atoms with Crippen molar-refractivity contribution in [3.8, 4) is 22.6 Å². The molecule has 0 saturated heterocycles. The summed E-state index contributed by atoms with van der Waals surface area (Å²) < 4.78 is 0. The van der Waals surface area contributed by atoms with Gasteiger partial charge in [-0.1, -0.05) is 109 Å². The molecule has 0 aliphatic carbocycles. The average Bonchev–Trinajstić information content (AvgIpc) is 3.10. The van der Waals surface area contributed by atoms with E-state index in [-0.39, 0.29) is 36.8 Å². The lowest BCUT2D eigenvalue weighted by Crippen LogP contribution is -2.14. The van der Waals surface area contributed by atoms with E-state index in [0.717, 1.165) is 32.7 Å². The molecule has 0 aliphatic rings. The molecule has 2 atom stereocenters. The minimum atomic E-state index is -0.388. The van der Waals surface area contributed by atoms with E-state index >= 15 is 0 Å². The molecule has 46 heavy (non-hydrogen) atoms. The summed E-state index contributed by atoms with van der Waals surface area (Å²) >= 11 is 0. The molecule has 6 aromatic rings. The Morgan fingerprint density at radius 1 is 0.500 bits per heavy atom. The monoisotopic (exact) mass is 608 g/mol. The molecule has 6 heteroatoms. The van der Waals surface area contributed by atoms with Crippen LogP contribution in [0.4, 0.5) is 0 Å². The van der Waals surface area contributed by atoms with E-state index < -0.39 is 0 Å². The number of aromatic hydroxyl groups is 2. The van der Waals surface area contributed by atoms with Gasteiger partial charge in [0.2, 0.25) is 0 Å². The third kappa shape index (κ3) is 6.69. The lowest BCUT2D eigenvalue weighted by Gasteiger charge is -2.18. The van der Waals surface area contributed by atoms with Crippen LogP contribution < -0.4 is 0 Å². The molecule has 0 bridgehead atoms. The number of rotatable bonds is 11. The van der Waals surface area contributed by atoms with Gasteiger partial charge < -0.3 is 20.4 Å². The molecule has 230 valence electrons. The maximum Gasteiger partial charge on any atom is 0.132 e. The van der Waals surface area contributed by atoms with Crippen LogP contribution in [0.2, 0.25) is 0 Å². The van der Waals surface area contributed by atoms with Crippen LogP contribution in [0.15, 0.2) is 131 Å². The van der Waals surface area contributed by atoms with Gasteiger partial charge in [0.05, 0.1) is 25.3 Å². The van der Waals surface area contributed by atoms with Crippen LogP contribution in [0.3, 0.4) is 0 Å². The Balaban J connectivity index is 1.46. The van der Waals surface area contributed by atoms with Crippen LogP contribution in [0.25, 0.3) is 32.7 Å². The smallest absolute Gasteiger partial charge is 0.132 e. The molecule has 0 radical (unpaired) electrons. The van der Waals surface area contributed by atoms with E-state index in [1.807, 2.05) is 121 Å². The zero-order chi connectivity index (χ0) is 31.9. The summed E-state index contributed by atoms with van der Waals surface area (Å²) in [4.78, 5) is 9.33. The number of benzene rings is 6. The van der Waals surface area contributed by atoms with Crippen LogP contribution in [0.1, 0.15) is 22.3 Å². The van der Waals surface area contributed by atoms with Crippen molar-refractivity contribution in [3.63, 3.8) is 0 Å². The highest BCUT2D eigenvalue weighted by molar-refractivity contribution is 6.14. The highest BCUT2D eigenvalue weighted by Crippen LogP contribution is 2.47. The third-order valence-corrected chi connectivity index (χ3v) is 8.25. The topological polar surface area (TPSA) is 106 Å². The first kappa shape index (κ1) is 30.7. The summed E-state index contributed by atoms with van der Waals surface area (Å²) in [6.45, 7) is -0.281. The molecule has 2 unspecified atom stereocenters. The second-order valence-corrected chi connectivity index (χ2v) is 11.4. The van der Waals surface area contributed by atoms with Crippen molar-refractivity contribution >= 4 is 34.0 Å². The minimum absolute atomic E-state index is 0.0225. The molecule has 0 heterocycles. The predicted octanol–water partition coefficient (Wildman–Crippen LogP) is 7.12. The second-order valence-electron chi connectivity index (χ2n) is 11.4. The summed E-state index contributed by atoms with van der Waals surface area (Å²) in [6, 6.07) is 38.1. The number of aliphatic hydroxyl groups excluding tert-OH is 2. The van der Waals surface area contributed by atoms with Gasteiger partial charge in [-0.2, -0.15) is 0 Å². The van der Waals surface area contributed by atoms with E-state index in [1.165, 1.54) is 0 Å². The van der Waals surface area contributed by atoms with Crippen molar-refractivity contribution in [2.75, 3.05) is 13.2 Å². The Morgan fingerprint density at radius 3 is 1.26 bits per heavy atom. The zero-order valence-corrected chi connectivity index (χ0v) is 25.4. The fourth-order valence-electron chi connectivity index (χ4n) is 5.89. The molecule has 6 aromatic carbocycles. The van der Waals surface area contributed by atoms with E-state index in [4.69, 9.17) is 0 Å². The van der Waals surface area contributed by atoms with Gasteiger partial charge in [0.1, 0.15) is 11.5 Å². The summed E-state index contributed by atoms with van der Waals surface area (Å²) in [5.74, 6) is -0.0450. The van der Waals surface area contributed by atoms with Gasteiger partial charge in [-0.05, 0) is 57.6 Å². The van der Waals surface area contributed by atoms with Crippen LogP contribution in [-0.2, 0) is 12.8 Å². The fourth-order valence-corrected chi connectivity index (χ4v) is 5.89. The number of nitrogens with zero attached hydrogens (tertiary/aromatic N) is 2. The van der Waals surface area contributed by atoms with Gasteiger partial charge in [-0.25, -0.2) is 0 Å². The van der Waals surface area contributed by atoms with Crippen molar-refractivity contribution in [2.24, 2.45) is 9.98 Å². The van der Waals surface area contributed by atoms with Gasteiger partial charge in [-0.15, -0.1) is 0 Å². The number of phenols is 2. The standard InChI is InChI=1S/C40H36N2O4/c43-25-33(19-27-11-3-1-4-12-27)41-23-31-21-29-15-7-9-17-35(29)37(39(31)45)38-36-18-10-8-16-30(36)22-32(40(38)46)24-42-34(26-44)20-28-13-5-2-6-14-28/h1-18,21-24,33-34,43-46H,19-20,25-26H2. The molecular weight excluding hydrogens is 572 g/mol. The average molecular weight is 609 g/mol. The van der Waals surface area contributed by atoms with Crippen LogP contribution in [0.5, 0.6) is 11.5 Å².